The first-order valence-electron chi connectivity index (χ1n) is 19.3. The van der Waals surface area contributed by atoms with Crippen molar-refractivity contribution in [1.82, 2.24) is 9.80 Å². The van der Waals surface area contributed by atoms with Crippen molar-refractivity contribution >= 4 is 37.0 Å². The van der Waals surface area contributed by atoms with E-state index in [0.29, 0.717) is 43.6 Å². The van der Waals surface area contributed by atoms with E-state index in [0.717, 1.165) is 46.4 Å². The van der Waals surface area contributed by atoms with Gasteiger partial charge in [-0.15, -0.1) is 6.58 Å². The van der Waals surface area contributed by atoms with Crippen LogP contribution in [0.3, 0.4) is 0 Å². The summed E-state index contributed by atoms with van der Waals surface area (Å²) < 4.78 is 32.6. The Hall–Kier alpha value is -5.23. The SMILES string of the molecule is C=CB1OC(C)(C)C(C)(C)O1.C=Cc1cc2c(cc1OC)CCN(C(=O)OCc1ccccc1)C2.COc1cc2c(cc1Cl)CN(C(=O)OCc1ccccc1)CC2. The molecule has 0 saturated carbocycles. The van der Waals surface area contributed by atoms with E-state index in [1.54, 1.807) is 36.1 Å². The van der Waals surface area contributed by atoms with Gasteiger partial charge in [-0.2, -0.15) is 0 Å². The molecule has 3 aliphatic heterocycles. The van der Waals surface area contributed by atoms with E-state index in [1.165, 1.54) is 11.1 Å². The van der Waals surface area contributed by atoms with E-state index in [4.69, 9.17) is 39.9 Å². The number of halogens is 1. The molecule has 0 spiro atoms. The summed E-state index contributed by atoms with van der Waals surface area (Å²) in [5.41, 5.74) is 6.98. The Labute approximate surface area is 348 Å². The molecule has 0 aromatic heterocycles. The Kier molecular flexibility index (Phi) is 15.1. The first kappa shape index (κ1) is 43.9. The second-order valence-electron chi connectivity index (χ2n) is 15.1. The number of amides is 2. The predicted molar refractivity (Wildman–Crippen MR) is 229 cm³/mol. The van der Waals surface area contributed by atoms with Crippen LogP contribution in [0.15, 0.2) is 104 Å². The second kappa shape index (κ2) is 20.0. The van der Waals surface area contributed by atoms with Crippen LogP contribution in [-0.2, 0) is 57.9 Å². The van der Waals surface area contributed by atoms with Gasteiger partial charge in [0, 0.05) is 31.7 Å². The number of rotatable bonds is 8. The quantitative estimate of drug-likeness (QED) is 0.163. The van der Waals surface area contributed by atoms with Crippen molar-refractivity contribution in [3.63, 3.8) is 0 Å². The first-order chi connectivity index (χ1) is 27.8. The van der Waals surface area contributed by atoms with Gasteiger partial charge in [0.15, 0.2) is 0 Å². The molecule has 1 saturated heterocycles. The molecular formula is C46H54BClN2O8. The Bertz CT molecular complexity index is 2030. The third-order valence-electron chi connectivity index (χ3n) is 10.7. The Morgan fingerprint density at radius 1 is 0.707 bits per heavy atom. The topological polar surface area (TPSA) is 96.0 Å². The fraction of sp³-hybridized carbons (Fsp3) is 0.348. The standard InChI is InChI=1S/C20H21NO3.C18H18ClNO3.C8H15BO2/c1-3-16-11-18-13-21(10-9-17(18)12-19(16)23-2)20(22)24-14-15-7-5-4-6-8-15;1-22-17-10-14-7-8-20(11-15(14)9-16(17)19)18(21)23-12-13-5-3-2-4-6-13;1-6-9-10-7(2,3)8(4,5)11-9/h3-8,11-12H,1,9-10,13-14H2,2H3;2-6,9-10H,7-8,11-12H2,1H3;6H,1H2,2-5H3. The van der Waals surface area contributed by atoms with E-state index >= 15 is 0 Å². The number of hydrogen-bond donors (Lipinski definition) is 0. The molecule has 0 radical (unpaired) electrons. The molecule has 0 atom stereocenters. The van der Waals surface area contributed by atoms with Crippen molar-refractivity contribution in [2.24, 2.45) is 0 Å². The summed E-state index contributed by atoms with van der Waals surface area (Å²) >= 11 is 6.17. The minimum atomic E-state index is -0.300. The number of benzene rings is 4. The highest BCUT2D eigenvalue weighted by atomic mass is 35.5. The average Bonchev–Trinajstić information content (AvgIpc) is 3.46. The molecule has 0 aliphatic carbocycles. The van der Waals surface area contributed by atoms with Crippen molar-refractivity contribution in [3.05, 3.63) is 148 Å². The molecule has 3 aliphatic rings. The lowest BCUT2D eigenvalue weighted by Gasteiger charge is -2.32. The van der Waals surface area contributed by atoms with Crippen LogP contribution in [0.4, 0.5) is 9.59 Å². The zero-order chi connectivity index (χ0) is 41.9. The number of carbonyl (C=O) groups excluding carboxylic acids is 2. The van der Waals surface area contributed by atoms with Gasteiger partial charge in [-0.05, 0) is 98.2 Å². The van der Waals surface area contributed by atoms with Crippen molar-refractivity contribution in [3.8, 4) is 11.5 Å². The van der Waals surface area contributed by atoms with Crippen LogP contribution < -0.4 is 9.47 Å². The summed E-state index contributed by atoms with van der Waals surface area (Å²) in [5.74, 6) is 3.17. The van der Waals surface area contributed by atoms with E-state index in [2.05, 4.69) is 13.2 Å². The van der Waals surface area contributed by atoms with Gasteiger partial charge in [-0.25, -0.2) is 9.59 Å². The van der Waals surface area contributed by atoms with Crippen molar-refractivity contribution in [1.29, 1.82) is 0 Å². The molecule has 58 heavy (non-hydrogen) atoms. The smallest absolute Gasteiger partial charge is 0.486 e. The van der Waals surface area contributed by atoms with Crippen LogP contribution in [0.1, 0.15) is 66.6 Å². The largest absolute Gasteiger partial charge is 0.496 e. The molecule has 2 amide bonds. The van der Waals surface area contributed by atoms with Gasteiger partial charge in [-0.1, -0.05) is 90.9 Å². The predicted octanol–water partition coefficient (Wildman–Crippen LogP) is 9.88. The fourth-order valence-corrected chi connectivity index (χ4v) is 6.84. The highest BCUT2D eigenvalue weighted by Gasteiger charge is 2.49. The monoisotopic (exact) mass is 808 g/mol. The van der Waals surface area contributed by atoms with Crippen molar-refractivity contribution in [2.45, 2.75) is 78.0 Å². The molecule has 0 N–H and O–H groups in total. The zero-order valence-corrected chi connectivity index (χ0v) is 35.2. The molecule has 4 aromatic carbocycles. The highest BCUT2D eigenvalue weighted by molar-refractivity contribution is 6.51. The maximum atomic E-state index is 12.3. The van der Waals surface area contributed by atoms with Gasteiger partial charge >= 0.3 is 19.3 Å². The van der Waals surface area contributed by atoms with Crippen LogP contribution in [0.5, 0.6) is 11.5 Å². The van der Waals surface area contributed by atoms with Crippen LogP contribution in [-0.4, -0.2) is 67.6 Å². The van der Waals surface area contributed by atoms with E-state index in [9.17, 15) is 9.59 Å². The van der Waals surface area contributed by atoms with Gasteiger partial charge in [-0.3, -0.25) is 0 Å². The third-order valence-corrected chi connectivity index (χ3v) is 11.0. The molecule has 10 nitrogen and oxygen atoms in total. The summed E-state index contributed by atoms with van der Waals surface area (Å²) in [7, 11) is 3.01. The number of hydrogen-bond acceptors (Lipinski definition) is 8. The molecule has 12 heteroatoms. The molecule has 1 fully saturated rings. The van der Waals surface area contributed by atoms with E-state index in [-0.39, 0.29) is 37.1 Å². The molecule has 0 unspecified atom stereocenters. The number of ether oxygens (including phenoxy) is 4. The van der Waals surface area contributed by atoms with Gasteiger partial charge in [0.2, 0.25) is 0 Å². The maximum Gasteiger partial charge on any atom is 0.486 e. The number of methoxy groups -OCH3 is 2. The molecule has 7 rings (SSSR count). The normalized spacial score (nSPS) is 15.9. The minimum Gasteiger partial charge on any atom is -0.496 e. The summed E-state index contributed by atoms with van der Waals surface area (Å²) in [5, 5.41) is 0.561. The number of nitrogens with zero attached hydrogens (tertiary/aromatic N) is 2. The van der Waals surface area contributed by atoms with Crippen molar-refractivity contribution in [2.75, 3.05) is 27.3 Å². The van der Waals surface area contributed by atoms with E-state index < -0.39 is 0 Å². The summed E-state index contributed by atoms with van der Waals surface area (Å²) in [6, 6.07) is 27.3. The first-order valence-corrected chi connectivity index (χ1v) is 19.7. The Balaban J connectivity index is 0.000000177. The Morgan fingerprint density at radius 3 is 1.57 bits per heavy atom. The van der Waals surface area contributed by atoms with Crippen LogP contribution in [0.25, 0.3) is 6.08 Å². The fourth-order valence-electron chi connectivity index (χ4n) is 6.57. The number of carbonyl (C=O) groups is 2. The van der Waals surface area contributed by atoms with Crippen LogP contribution >= 0.6 is 11.6 Å². The van der Waals surface area contributed by atoms with Crippen molar-refractivity contribution < 1.29 is 37.8 Å². The second-order valence-corrected chi connectivity index (χ2v) is 15.5. The summed E-state index contributed by atoms with van der Waals surface area (Å²) in [6.07, 6.45) is 2.76. The lowest BCUT2D eigenvalue weighted by Crippen LogP contribution is -2.41. The van der Waals surface area contributed by atoms with Crippen LogP contribution in [0.2, 0.25) is 5.02 Å². The minimum absolute atomic E-state index is 0.230. The number of fused-ring (bicyclic) bond motifs is 2. The summed E-state index contributed by atoms with van der Waals surface area (Å²) in [4.78, 5) is 28.0. The lowest BCUT2D eigenvalue weighted by atomic mass is 9.90. The summed E-state index contributed by atoms with van der Waals surface area (Å²) in [6.45, 7) is 18.5. The third kappa shape index (κ3) is 11.2. The van der Waals surface area contributed by atoms with E-state index in [1.807, 2.05) is 113 Å². The molecule has 3 heterocycles. The molecule has 0 bridgehead atoms. The molecule has 306 valence electrons. The molecular weight excluding hydrogens is 755 g/mol. The Morgan fingerprint density at radius 2 is 1.16 bits per heavy atom. The van der Waals surface area contributed by atoms with Gasteiger partial charge in [0.25, 0.3) is 0 Å². The van der Waals surface area contributed by atoms with Crippen LogP contribution in [0, 0.1) is 0 Å². The highest BCUT2D eigenvalue weighted by Crippen LogP contribution is 2.37. The van der Waals surface area contributed by atoms with Gasteiger partial charge < -0.3 is 38.1 Å². The molecule has 4 aromatic rings. The van der Waals surface area contributed by atoms with Gasteiger partial charge in [0.05, 0.1) is 30.4 Å². The lowest BCUT2D eigenvalue weighted by molar-refractivity contribution is 0.00578. The average molecular weight is 809 g/mol. The van der Waals surface area contributed by atoms with Gasteiger partial charge in [0.1, 0.15) is 24.7 Å². The maximum absolute atomic E-state index is 12.3. The zero-order valence-electron chi connectivity index (χ0n) is 34.4.